The molecule has 1 heteroatoms. The molecule has 2 aromatic rings. The van der Waals surface area contributed by atoms with E-state index in [9.17, 15) is 4.79 Å². The van der Waals surface area contributed by atoms with Crippen LogP contribution in [0.5, 0.6) is 0 Å². The topological polar surface area (TPSA) is 17.1 Å². The van der Waals surface area contributed by atoms with Gasteiger partial charge in [0.1, 0.15) is 6.29 Å². The van der Waals surface area contributed by atoms with Gasteiger partial charge < -0.3 is 0 Å². The van der Waals surface area contributed by atoms with Crippen molar-refractivity contribution in [1.29, 1.82) is 0 Å². The van der Waals surface area contributed by atoms with Crippen LogP contribution in [0.4, 0.5) is 0 Å². The molecule has 0 unspecified atom stereocenters. The summed E-state index contributed by atoms with van der Waals surface area (Å²) in [4.78, 5) is 10.8. The zero-order valence-corrected chi connectivity index (χ0v) is 12.2. The number of rotatable bonds is 3. The molecule has 2 aromatic carbocycles. The van der Waals surface area contributed by atoms with E-state index in [0.717, 1.165) is 11.8 Å². The van der Waals surface area contributed by atoms with Gasteiger partial charge in [-0.25, -0.2) is 0 Å². The molecule has 0 radical (unpaired) electrons. The van der Waals surface area contributed by atoms with Gasteiger partial charge in [0.05, 0.1) is 0 Å². The van der Waals surface area contributed by atoms with Gasteiger partial charge in [0, 0.05) is 5.56 Å². The van der Waals surface area contributed by atoms with Crippen LogP contribution in [0, 0.1) is 0 Å². The average Bonchev–Trinajstić information content (AvgIpc) is 3.15. The van der Waals surface area contributed by atoms with E-state index in [2.05, 4.69) is 42.5 Å². The Morgan fingerprint density at radius 1 is 0.714 bits per heavy atom. The van der Waals surface area contributed by atoms with Gasteiger partial charge in [0.2, 0.25) is 0 Å². The van der Waals surface area contributed by atoms with Crippen LogP contribution in [0.3, 0.4) is 0 Å². The number of benzene rings is 2. The molecule has 0 N–H and O–H groups in total. The molecule has 2 aliphatic rings. The number of fused-ring (bicyclic) bond motifs is 2. The van der Waals surface area contributed by atoms with Crippen LogP contribution < -0.4 is 0 Å². The second kappa shape index (κ2) is 4.56. The zero-order chi connectivity index (χ0) is 14.3. The smallest absolute Gasteiger partial charge is 0.150 e. The highest BCUT2D eigenvalue weighted by Crippen LogP contribution is 2.62. The van der Waals surface area contributed by atoms with Crippen molar-refractivity contribution >= 4 is 6.29 Å². The molecule has 21 heavy (non-hydrogen) atoms. The molecule has 106 valence electrons. The van der Waals surface area contributed by atoms with Crippen molar-refractivity contribution in [3.05, 3.63) is 71.3 Å². The number of carbonyl (C=O) groups excluding carboxylic acids is 1. The summed E-state index contributed by atoms with van der Waals surface area (Å²) in [5.74, 6) is 0. The normalized spacial score (nSPS) is 30.5. The lowest BCUT2D eigenvalue weighted by molar-refractivity contribution is 0.112. The van der Waals surface area contributed by atoms with Crippen LogP contribution in [-0.2, 0) is 10.8 Å². The molecule has 4 rings (SSSR count). The Hall–Kier alpha value is -1.89. The summed E-state index contributed by atoms with van der Waals surface area (Å²) in [7, 11) is 0. The van der Waals surface area contributed by atoms with Crippen LogP contribution in [0.25, 0.3) is 0 Å². The number of carbonyl (C=O) groups is 1. The van der Waals surface area contributed by atoms with E-state index in [4.69, 9.17) is 0 Å². The van der Waals surface area contributed by atoms with Crippen LogP contribution in [0.2, 0.25) is 0 Å². The molecule has 2 aliphatic carbocycles. The minimum atomic E-state index is 0.344. The van der Waals surface area contributed by atoms with Gasteiger partial charge >= 0.3 is 0 Å². The molecular weight excluding hydrogens is 256 g/mol. The molecule has 2 bridgehead atoms. The molecule has 0 spiro atoms. The highest BCUT2D eigenvalue weighted by molar-refractivity contribution is 5.74. The first-order valence-corrected chi connectivity index (χ1v) is 7.88. The van der Waals surface area contributed by atoms with Crippen molar-refractivity contribution in [1.82, 2.24) is 0 Å². The second-order valence-electron chi connectivity index (χ2n) is 6.84. The van der Waals surface area contributed by atoms with Gasteiger partial charge in [-0.3, -0.25) is 4.79 Å². The number of aldehydes is 1. The van der Waals surface area contributed by atoms with Crippen LogP contribution in [0.1, 0.15) is 53.6 Å². The van der Waals surface area contributed by atoms with Crippen molar-refractivity contribution in [2.75, 3.05) is 0 Å². The van der Waals surface area contributed by atoms with E-state index >= 15 is 0 Å². The van der Waals surface area contributed by atoms with Crippen LogP contribution in [0.15, 0.2) is 54.6 Å². The average molecular weight is 276 g/mol. The first kappa shape index (κ1) is 12.8. The molecule has 0 amide bonds. The van der Waals surface area contributed by atoms with E-state index in [1.807, 2.05) is 12.1 Å². The second-order valence-corrected chi connectivity index (χ2v) is 6.84. The maximum Gasteiger partial charge on any atom is 0.150 e. The van der Waals surface area contributed by atoms with E-state index in [1.54, 1.807) is 0 Å². The lowest BCUT2D eigenvalue weighted by Gasteiger charge is -2.28. The lowest BCUT2D eigenvalue weighted by atomic mass is 9.76. The summed E-state index contributed by atoms with van der Waals surface area (Å²) in [5, 5.41) is 0. The molecule has 0 saturated heterocycles. The molecule has 0 atom stereocenters. The Bertz CT molecular complexity index is 646. The SMILES string of the molecule is O=Cc1ccc(C23CCC(c4ccccc4)(CC2)C3)cc1. The first-order chi connectivity index (χ1) is 10.3. The summed E-state index contributed by atoms with van der Waals surface area (Å²) in [5.41, 5.74) is 4.47. The standard InChI is InChI=1S/C20H20O/c21-14-16-6-8-18(9-7-16)20-12-10-19(15-20,11-13-20)17-4-2-1-3-5-17/h1-9,14H,10-13,15H2. The van der Waals surface area contributed by atoms with Crippen molar-refractivity contribution in [2.45, 2.75) is 42.9 Å². The maximum atomic E-state index is 10.8. The van der Waals surface area contributed by atoms with Crippen LogP contribution >= 0.6 is 0 Å². The summed E-state index contributed by atoms with van der Waals surface area (Å²) in [6.45, 7) is 0. The molecule has 1 nitrogen and oxygen atoms in total. The highest BCUT2D eigenvalue weighted by atomic mass is 16.1. The number of hydrogen-bond donors (Lipinski definition) is 0. The van der Waals surface area contributed by atoms with E-state index in [1.165, 1.54) is 43.2 Å². The third-order valence-corrected chi connectivity index (χ3v) is 5.89. The molecule has 2 saturated carbocycles. The van der Waals surface area contributed by atoms with E-state index < -0.39 is 0 Å². The first-order valence-electron chi connectivity index (χ1n) is 7.88. The summed E-state index contributed by atoms with van der Waals surface area (Å²) >= 11 is 0. The van der Waals surface area contributed by atoms with Crippen LogP contribution in [-0.4, -0.2) is 6.29 Å². The Labute approximate surface area is 126 Å². The summed E-state index contributed by atoms with van der Waals surface area (Å²) in [6.07, 6.45) is 7.35. The van der Waals surface area contributed by atoms with Gasteiger partial charge in [0.25, 0.3) is 0 Å². The zero-order valence-electron chi connectivity index (χ0n) is 12.2. The largest absolute Gasteiger partial charge is 0.298 e. The van der Waals surface area contributed by atoms with Crippen molar-refractivity contribution in [2.24, 2.45) is 0 Å². The Morgan fingerprint density at radius 2 is 1.24 bits per heavy atom. The number of hydrogen-bond acceptors (Lipinski definition) is 1. The minimum Gasteiger partial charge on any atom is -0.298 e. The fourth-order valence-corrected chi connectivity index (χ4v) is 4.70. The summed E-state index contributed by atoms with van der Waals surface area (Å²) < 4.78 is 0. The van der Waals surface area contributed by atoms with E-state index in [0.29, 0.717) is 10.8 Å². The highest BCUT2D eigenvalue weighted by Gasteiger charge is 2.55. The van der Waals surface area contributed by atoms with Gasteiger partial charge in [-0.15, -0.1) is 0 Å². The van der Waals surface area contributed by atoms with Crippen molar-refractivity contribution in [3.8, 4) is 0 Å². The van der Waals surface area contributed by atoms with Gasteiger partial charge in [-0.05, 0) is 54.1 Å². The van der Waals surface area contributed by atoms with E-state index in [-0.39, 0.29) is 0 Å². The third kappa shape index (κ3) is 1.87. The Balaban J connectivity index is 1.68. The molecule has 0 aromatic heterocycles. The monoisotopic (exact) mass is 276 g/mol. The fourth-order valence-electron chi connectivity index (χ4n) is 4.70. The molecule has 2 fully saturated rings. The molecule has 0 aliphatic heterocycles. The summed E-state index contributed by atoms with van der Waals surface area (Å²) in [6, 6.07) is 19.3. The minimum absolute atomic E-state index is 0.344. The van der Waals surface area contributed by atoms with Gasteiger partial charge in [-0.2, -0.15) is 0 Å². The predicted octanol–water partition coefficient (Wildman–Crippen LogP) is 4.65. The third-order valence-electron chi connectivity index (χ3n) is 5.89. The fraction of sp³-hybridized carbons (Fsp3) is 0.350. The Morgan fingerprint density at radius 3 is 1.76 bits per heavy atom. The predicted molar refractivity (Wildman–Crippen MR) is 84.7 cm³/mol. The molecular formula is C20H20O. The Kier molecular flexibility index (Phi) is 2.78. The van der Waals surface area contributed by atoms with Crippen molar-refractivity contribution in [3.63, 3.8) is 0 Å². The van der Waals surface area contributed by atoms with Gasteiger partial charge in [0.15, 0.2) is 0 Å². The maximum absolute atomic E-state index is 10.8. The van der Waals surface area contributed by atoms with Crippen molar-refractivity contribution < 1.29 is 4.79 Å². The lowest BCUT2D eigenvalue weighted by Crippen LogP contribution is -2.19. The molecule has 0 heterocycles. The van der Waals surface area contributed by atoms with Gasteiger partial charge in [-0.1, -0.05) is 54.6 Å². The quantitative estimate of drug-likeness (QED) is 0.746.